The zero-order chi connectivity index (χ0) is 9.42. The monoisotopic (exact) mass is 197 g/mol. The second kappa shape index (κ2) is 3.20. The van der Waals surface area contributed by atoms with E-state index in [1.165, 1.54) is 0 Å². The highest BCUT2D eigenvalue weighted by Gasteiger charge is 2.31. The fourth-order valence-corrected chi connectivity index (χ4v) is 1.69. The largest absolute Gasteiger partial charge is 0.506 e. The van der Waals surface area contributed by atoms with E-state index in [1.807, 2.05) is 12.1 Å². The Kier molecular flexibility index (Phi) is 2.18. The maximum absolute atomic E-state index is 9.63. The van der Waals surface area contributed by atoms with Crippen molar-refractivity contribution >= 4 is 11.6 Å². The van der Waals surface area contributed by atoms with E-state index in [2.05, 4.69) is 0 Å². The van der Waals surface area contributed by atoms with Crippen molar-refractivity contribution in [1.29, 1.82) is 0 Å². The Morgan fingerprint density at radius 1 is 1.46 bits per heavy atom. The highest BCUT2D eigenvalue weighted by Crippen LogP contribution is 2.43. The van der Waals surface area contributed by atoms with E-state index in [4.69, 9.17) is 17.3 Å². The number of phenols is 1. The lowest BCUT2D eigenvalue weighted by atomic mass is 10.0. The molecule has 3 N–H and O–H groups in total. The minimum absolute atomic E-state index is 0.0568. The Morgan fingerprint density at radius 3 is 2.77 bits per heavy atom. The number of aromatic hydroxyl groups is 1. The summed E-state index contributed by atoms with van der Waals surface area (Å²) in [5.41, 5.74) is 6.72. The van der Waals surface area contributed by atoms with Crippen molar-refractivity contribution in [3.8, 4) is 5.75 Å². The zero-order valence-corrected chi connectivity index (χ0v) is 7.96. The molecule has 1 aromatic rings. The summed E-state index contributed by atoms with van der Waals surface area (Å²) in [5.74, 6) is 0.674. The molecule has 1 aliphatic carbocycles. The lowest BCUT2D eigenvalue weighted by molar-refractivity contribution is 0.456. The number of halogens is 1. The minimum atomic E-state index is -0.0568. The second-order valence-corrected chi connectivity index (χ2v) is 3.95. The van der Waals surface area contributed by atoms with Crippen LogP contribution in [0.15, 0.2) is 18.2 Å². The molecule has 2 nitrogen and oxygen atoms in total. The molecule has 0 spiro atoms. The second-order valence-electron chi connectivity index (χ2n) is 3.54. The van der Waals surface area contributed by atoms with Crippen LogP contribution in [0.4, 0.5) is 0 Å². The first-order valence-electron chi connectivity index (χ1n) is 4.43. The van der Waals surface area contributed by atoms with Crippen LogP contribution in [-0.2, 0) is 0 Å². The van der Waals surface area contributed by atoms with Gasteiger partial charge in [-0.3, -0.25) is 0 Å². The van der Waals surface area contributed by atoms with Crippen molar-refractivity contribution in [3.63, 3.8) is 0 Å². The van der Waals surface area contributed by atoms with E-state index in [0.29, 0.717) is 10.9 Å². The van der Waals surface area contributed by atoms with Crippen LogP contribution in [0.25, 0.3) is 0 Å². The summed E-state index contributed by atoms with van der Waals surface area (Å²) < 4.78 is 0. The number of hydrogen-bond donors (Lipinski definition) is 2. The smallest absolute Gasteiger partial charge is 0.138 e. The first-order chi connectivity index (χ1) is 6.20. The van der Waals surface area contributed by atoms with Crippen molar-refractivity contribution in [3.05, 3.63) is 28.8 Å². The third kappa shape index (κ3) is 1.64. The van der Waals surface area contributed by atoms with Gasteiger partial charge in [0, 0.05) is 11.6 Å². The maximum atomic E-state index is 9.63. The third-order valence-corrected chi connectivity index (χ3v) is 2.81. The van der Waals surface area contributed by atoms with Gasteiger partial charge in [-0.05, 0) is 24.8 Å². The molecule has 0 amide bonds. The van der Waals surface area contributed by atoms with Crippen LogP contribution in [0, 0.1) is 5.92 Å². The average Bonchev–Trinajstić information content (AvgIpc) is 2.91. The van der Waals surface area contributed by atoms with Crippen LogP contribution in [0.5, 0.6) is 5.75 Å². The van der Waals surface area contributed by atoms with E-state index >= 15 is 0 Å². The SMILES string of the molecule is N[C@H](c1cccc(Cl)c1O)C1CC1. The number of hydrogen-bond acceptors (Lipinski definition) is 2. The molecule has 1 saturated carbocycles. The average molecular weight is 198 g/mol. The number of rotatable bonds is 2. The predicted octanol–water partition coefficient (Wildman–Crippen LogP) is 2.46. The van der Waals surface area contributed by atoms with E-state index in [-0.39, 0.29) is 11.8 Å². The molecule has 3 heteroatoms. The van der Waals surface area contributed by atoms with Gasteiger partial charge in [-0.1, -0.05) is 23.7 Å². The molecule has 0 radical (unpaired) electrons. The Hall–Kier alpha value is -0.730. The Balaban J connectivity index is 2.32. The van der Waals surface area contributed by atoms with E-state index in [1.54, 1.807) is 6.07 Å². The van der Waals surface area contributed by atoms with Crippen molar-refractivity contribution in [2.45, 2.75) is 18.9 Å². The molecule has 0 saturated heterocycles. The summed E-state index contributed by atoms with van der Waals surface area (Å²) in [6, 6.07) is 5.27. The quantitative estimate of drug-likeness (QED) is 0.765. The normalized spacial score (nSPS) is 18.6. The van der Waals surface area contributed by atoms with E-state index < -0.39 is 0 Å². The molecular formula is C10H12ClNO. The van der Waals surface area contributed by atoms with Crippen molar-refractivity contribution < 1.29 is 5.11 Å². The Bertz CT molecular complexity index is 323. The first-order valence-corrected chi connectivity index (χ1v) is 4.81. The molecule has 1 aliphatic rings. The van der Waals surface area contributed by atoms with Crippen LogP contribution in [0.1, 0.15) is 24.4 Å². The van der Waals surface area contributed by atoms with Gasteiger partial charge in [0.15, 0.2) is 0 Å². The van der Waals surface area contributed by atoms with Crippen LogP contribution < -0.4 is 5.73 Å². The van der Waals surface area contributed by atoms with Gasteiger partial charge in [0.05, 0.1) is 5.02 Å². The molecule has 70 valence electrons. The third-order valence-electron chi connectivity index (χ3n) is 2.51. The Morgan fingerprint density at radius 2 is 2.15 bits per heavy atom. The lowest BCUT2D eigenvalue weighted by Crippen LogP contribution is -2.12. The fourth-order valence-electron chi connectivity index (χ4n) is 1.51. The number of para-hydroxylation sites is 1. The van der Waals surface area contributed by atoms with Crippen molar-refractivity contribution in [1.82, 2.24) is 0 Å². The number of nitrogens with two attached hydrogens (primary N) is 1. The van der Waals surface area contributed by atoms with Gasteiger partial charge in [-0.25, -0.2) is 0 Å². The fraction of sp³-hybridized carbons (Fsp3) is 0.400. The zero-order valence-electron chi connectivity index (χ0n) is 7.20. The minimum Gasteiger partial charge on any atom is -0.506 e. The van der Waals surface area contributed by atoms with Crippen LogP contribution in [0.2, 0.25) is 5.02 Å². The summed E-state index contributed by atoms with van der Waals surface area (Å²) in [7, 11) is 0. The summed E-state index contributed by atoms with van der Waals surface area (Å²) in [6.07, 6.45) is 2.32. The van der Waals surface area contributed by atoms with Gasteiger partial charge in [0.25, 0.3) is 0 Å². The highest BCUT2D eigenvalue weighted by molar-refractivity contribution is 6.32. The number of phenolic OH excluding ortho intramolecular Hbond substituents is 1. The standard InChI is InChI=1S/C10H12ClNO/c11-8-3-1-2-7(10(8)13)9(12)6-4-5-6/h1-3,6,9,13H,4-5,12H2/t9-/m0/s1. The predicted molar refractivity (Wildman–Crippen MR) is 52.8 cm³/mol. The van der Waals surface area contributed by atoms with Crippen LogP contribution in [0.3, 0.4) is 0 Å². The van der Waals surface area contributed by atoms with Crippen LogP contribution in [-0.4, -0.2) is 5.11 Å². The highest BCUT2D eigenvalue weighted by atomic mass is 35.5. The van der Waals surface area contributed by atoms with Gasteiger partial charge < -0.3 is 10.8 Å². The molecule has 0 unspecified atom stereocenters. The summed E-state index contributed by atoms with van der Waals surface area (Å²) in [5, 5.41) is 10.0. The molecule has 0 heterocycles. The van der Waals surface area contributed by atoms with Gasteiger partial charge in [0.1, 0.15) is 5.75 Å². The molecule has 2 rings (SSSR count). The molecule has 1 aromatic carbocycles. The maximum Gasteiger partial charge on any atom is 0.138 e. The molecule has 0 aromatic heterocycles. The Labute approximate surface area is 82.3 Å². The molecule has 0 aliphatic heterocycles. The van der Waals surface area contributed by atoms with E-state index in [9.17, 15) is 5.11 Å². The van der Waals surface area contributed by atoms with Gasteiger partial charge in [-0.15, -0.1) is 0 Å². The van der Waals surface area contributed by atoms with Gasteiger partial charge in [-0.2, -0.15) is 0 Å². The van der Waals surface area contributed by atoms with Crippen molar-refractivity contribution in [2.75, 3.05) is 0 Å². The van der Waals surface area contributed by atoms with Gasteiger partial charge >= 0.3 is 0 Å². The molecule has 1 fully saturated rings. The van der Waals surface area contributed by atoms with E-state index in [0.717, 1.165) is 18.4 Å². The van der Waals surface area contributed by atoms with Crippen LogP contribution >= 0.6 is 11.6 Å². The lowest BCUT2D eigenvalue weighted by Gasteiger charge is -2.12. The summed E-state index contributed by atoms with van der Waals surface area (Å²) in [4.78, 5) is 0. The molecular weight excluding hydrogens is 186 g/mol. The molecule has 1 atom stereocenters. The molecule has 13 heavy (non-hydrogen) atoms. The molecule has 0 bridgehead atoms. The topological polar surface area (TPSA) is 46.2 Å². The number of benzene rings is 1. The van der Waals surface area contributed by atoms with Gasteiger partial charge in [0.2, 0.25) is 0 Å². The first kappa shape index (κ1) is 8.85. The van der Waals surface area contributed by atoms with Crippen molar-refractivity contribution in [2.24, 2.45) is 11.7 Å². The summed E-state index contributed by atoms with van der Waals surface area (Å²) >= 11 is 5.78. The summed E-state index contributed by atoms with van der Waals surface area (Å²) in [6.45, 7) is 0.